The maximum Gasteiger partial charge on any atom is 0.307 e. The molecule has 2 N–H and O–H groups in total. The van der Waals surface area contributed by atoms with Crippen LogP contribution in [0.2, 0.25) is 0 Å². The number of nitriles is 1. The molecule has 1 heterocycles. The van der Waals surface area contributed by atoms with Gasteiger partial charge in [-0.1, -0.05) is 25.0 Å². The predicted octanol–water partition coefficient (Wildman–Crippen LogP) is 4.43. The van der Waals surface area contributed by atoms with E-state index in [0.29, 0.717) is 23.4 Å². The fraction of sp³-hybridized carbons (Fsp3) is 0.381. The van der Waals surface area contributed by atoms with Gasteiger partial charge in [-0.25, -0.2) is 0 Å². The van der Waals surface area contributed by atoms with Crippen LogP contribution < -0.4 is 10.1 Å². The lowest BCUT2D eigenvalue weighted by Crippen LogP contribution is -2.36. The van der Waals surface area contributed by atoms with Crippen LogP contribution in [-0.2, 0) is 9.59 Å². The van der Waals surface area contributed by atoms with E-state index in [2.05, 4.69) is 11.4 Å². The van der Waals surface area contributed by atoms with Crippen molar-refractivity contribution in [3.63, 3.8) is 0 Å². The van der Waals surface area contributed by atoms with Crippen LogP contribution in [0.4, 0.5) is 5.00 Å². The number of carbonyl (C=O) groups is 2. The molecule has 1 fully saturated rings. The summed E-state index contributed by atoms with van der Waals surface area (Å²) in [6, 6.07) is 9.61. The molecule has 1 aromatic heterocycles. The van der Waals surface area contributed by atoms with Crippen molar-refractivity contribution in [1.82, 2.24) is 0 Å². The highest BCUT2D eigenvalue weighted by atomic mass is 32.1. The first-order valence-corrected chi connectivity index (χ1v) is 9.99. The van der Waals surface area contributed by atoms with E-state index in [-0.39, 0.29) is 5.91 Å². The molecule has 0 saturated heterocycles. The molecule has 0 radical (unpaired) electrons. The zero-order valence-corrected chi connectivity index (χ0v) is 16.6. The summed E-state index contributed by atoms with van der Waals surface area (Å²) in [5.41, 5.74) is 2.06. The smallest absolute Gasteiger partial charge is 0.307 e. The first kappa shape index (κ1) is 19.9. The molecule has 0 spiro atoms. The van der Waals surface area contributed by atoms with E-state index in [1.54, 1.807) is 7.11 Å². The lowest BCUT2D eigenvalue weighted by atomic mass is 9.79. The Balaban J connectivity index is 1.89. The average Bonchev–Trinajstić information content (AvgIpc) is 3.02. The number of aliphatic carboxylic acids is 1. The number of methoxy groups -OCH3 is 1. The predicted molar refractivity (Wildman–Crippen MR) is 107 cm³/mol. The Hall–Kier alpha value is -2.85. The van der Waals surface area contributed by atoms with Crippen LogP contribution in [0, 0.1) is 30.1 Å². The third kappa shape index (κ3) is 3.87. The Morgan fingerprint density at radius 2 is 1.86 bits per heavy atom. The van der Waals surface area contributed by atoms with E-state index >= 15 is 0 Å². The maximum absolute atomic E-state index is 12.8. The minimum Gasteiger partial charge on any atom is -0.497 e. The molecule has 1 aliphatic rings. The number of benzene rings is 1. The van der Waals surface area contributed by atoms with Gasteiger partial charge in [0.25, 0.3) is 0 Å². The number of hydrogen-bond acceptors (Lipinski definition) is 5. The zero-order chi connectivity index (χ0) is 20.3. The highest BCUT2D eigenvalue weighted by Crippen LogP contribution is 2.40. The number of thiophene rings is 1. The molecular formula is C21H22N2O4S. The van der Waals surface area contributed by atoms with E-state index in [4.69, 9.17) is 4.74 Å². The highest BCUT2D eigenvalue weighted by Gasteiger charge is 2.36. The maximum atomic E-state index is 12.8. The van der Waals surface area contributed by atoms with Crippen LogP contribution in [0.25, 0.3) is 11.1 Å². The van der Waals surface area contributed by atoms with Gasteiger partial charge in [-0.15, -0.1) is 11.3 Å². The van der Waals surface area contributed by atoms with Gasteiger partial charge >= 0.3 is 5.97 Å². The number of carbonyl (C=O) groups excluding carboxylic acids is 1. The standard InChI is InChI=1S/C21H22N2O4S/c1-12-18(13-7-9-14(27-2)10-8-13)17(11-22)20(28-12)23-19(24)15-5-3-4-6-16(15)21(25)26/h7-10,15-16H,3-6H2,1-2H3,(H,23,24)(H,25,26)/t15-,16+/m0/s1. The Labute approximate surface area is 167 Å². The number of aryl methyl sites for hydroxylation is 1. The Bertz CT molecular complexity index is 927. The third-order valence-corrected chi connectivity index (χ3v) is 6.25. The number of carboxylic acid groups (broad SMARTS) is 1. The van der Waals surface area contributed by atoms with Crippen LogP contribution >= 0.6 is 11.3 Å². The molecule has 0 aliphatic heterocycles. The number of rotatable bonds is 5. The third-order valence-electron chi connectivity index (χ3n) is 5.23. The van der Waals surface area contributed by atoms with Crippen molar-refractivity contribution in [2.75, 3.05) is 12.4 Å². The molecular weight excluding hydrogens is 376 g/mol. The summed E-state index contributed by atoms with van der Waals surface area (Å²) in [7, 11) is 1.59. The lowest BCUT2D eigenvalue weighted by molar-refractivity contribution is -0.147. The van der Waals surface area contributed by atoms with Crippen molar-refractivity contribution < 1.29 is 19.4 Å². The van der Waals surface area contributed by atoms with Crippen molar-refractivity contribution in [2.45, 2.75) is 32.6 Å². The second-order valence-electron chi connectivity index (χ2n) is 6.90. The highest BCUT2D eigenvalue weighted by molar-refractivity contribution is 7.17. The van der Waals surface area contributed by atoms with E-state index in [1.807, 2.05) is 31.2 Å². The van der Waals surface area contributed by atoms with Gasteiger partial charge in [0.15, 0.2) is 0 Å². The molecule has 1 saturated carbocycles. The van der Waals surface area contributed by atoms with Gasteiger partial charge < -0.3 is 15.2 Å². The van der Waals surface area contributed by atoms with E-state index in [1.165, 1.54) is 11.3 Å². The first-order valence-electron chi connectivity index (χ1n) is 9.17. The second kappa shape index (κ2) is 8.44. The van der Waals surface area contributed by atoms with Crippen LogP contribution in [0.3, 0.4) is 0 Å². The molecule has 0 unspecified atom stereocenters. The monoisotopic (exact) mass is 398 g/mol. The normalized spacial score (nSPS) is 18.9. The van der Waals surface area contributed by atoms with Crippen molar-refractivity contribution in [1.29, 1.82) is 5.26 Å². The summed E-state index contributed by atoms with van der Waals surface area (Å²) in [5, 5.41) is 22.5. The van der Waals surface area contributed by atoms with Gasteiger partial charge in [-0.3, -0.25) is 9.59 Å². The largest absolute Gasteiger partial charge is 0.497 e. The molecule has 6 nitrogen and oxygen atoms in total. The zero-order valence-electron chi connectivity index (χ0n) is 15.8. The van der Waals surface area contributed by atoms with Crippen molar-refractivity contribution >= 4 is 28.2 Å². The van der Waals surface area contributed by atoms with Crippen molar-refractivity contribution in [3.05, 3.63) is 34.7 Å². The minimum absolute atomic E-state index is 0.314. The number of nitrogens with one attached hydrogen (secondary N) is 1. The van der Waals surface area contributed by atoms with Gasteiger partial charge in [0.05, 0.1) is 24.5 Å². The topological polar surface area (TPSA) is 99.4 Å². The van der Waals surface area contributed by atoms with Gasteiger partial charge in [-0.2, -0.15) is 5.26 Å². The molecule has 1 aromatic carbocycles. The molecule has 146 valence electrons. The summed E-state index contributed by atoms with van der Waals surface area (Å²) >= 11 is 1.34. The number of ether oxygens (including phenoxy) is 1. The van der Waals surface area contributed by atoms with Crippen LogP contribution in [0.15, 0.2) is 24.3 Å². The van der Waals surface area contributed by atoms with Gasteiger partial charge in [0, 0.05) is 10.4 Å². The van der Waals surface area contributed by atoms with Crippen LogP contribution in [0.5, 0.6) is 5.75 Å². The number of nitrogens with zero attached hydrogens (tertiary/aromatic N) is 1. The fourth-order valence-corrected chi connectivity index (χ4v) is 4.82. The summed E-state index contributed by atoms with van der Waals surface area (Å²) < 4.78 is 5.18. The van der Waals surface area contributed by atoms with E-state index < -0.39 is 17.8 Å². The Morgan fingerprint density at radius 1 is 1.21 bits per heavy atom. The molecule has 28 heavy (non-hydrogen) atoms. The quantitative estimate of drug-likeness (QED) is 0.776. The minimum atomic E-state index is -0.929. The number of carboxylic acids is 1. The van der Waals surface area contributed by atoms with Gasteiger partial charge in [0.2, 0.25) is 5.91 Å². The summed E-state index contributed by atoms with van der Waals surface area (Å²) in [5.74, 6) is -1.75. The van der Waals surface area contributed by atoms with Crippen LogP contribution in [-0.4, -0.2) is 24.1 Å². The molecule has 0 bridgehead atoms. The van der Waals surface area contributed by atoms with Crippen molar-refractivity contribution in [2.24, 2.45) is 11.8 Å². The molecule has 2 aromatic rings. The number of anilines is 1. The Kier molecular flexibility index (Phi) is 6.00. The number of hydrogen-bond donors (Lipinski definition) is 2. The summed E-state index contributed by atoms with van der Waals surface area (Å²) in [4.78, 5) is 25.2. The van der Waals surface area contributed by atoms with E-state index in [9.17, 15) is 20.0 Å². The molecule has 3 rings (SSSR count). The van der Waals surface area contributed by atoms with Gasteiger partial charge in [0.1, 0.15) is 16.8 Å². The molecule has 1 aliphatic carbocycles. The fourth-order valence-electron chi connectivity index (χ4n) is 3.79. The second-order valence-corrected chi connectivity index (χ2v) is 8.13. The van der Waals surface area contributed by atoms with E-state index in [0.717, 1.165) is 34.6 Å². The average molecular weight is 398 g/mol. The summed E-state index contributed by atoms with van der Waals surface area (Å²) in [6.07, 6.45) is 2.73. The SMILES string of the molecule is COc1ccc(-c2c(C)sc(NC(=O)[C@H]3CCCC[C@H]3C(=O)O)c2C#N)cc1. The molecule has 2 atom stereocenters. The van der Waals surface area contributed by atoms with Gasteiger partial charge in [-0.05, 0) is 37.5 Å². The lowest BCUT2D eigenvalue weighted by Gasteiger charge is -2.27. The Morgan fingerprint density at radius 3 is 2.43 bits per heavy atom. The number of amides is 1. The first-order chi connectivity index (χ1) is 13.5. The summed E-state index contributed by atoms with van der Waals surface area (Å²) in [6.45, 7) is 1.90. The molecule has 7 heteroatoms. The van der Waals surface area contributed by atoms with Crippen molar-refractivity contribution in [3.8, 4) is 22.9 Å². The van der Waals surface area contributed by atoms with Crippen LogP contribution in [0.1, 0.15) is 36.1 Å². The molecule has 1 amide bonds.